The van der Waals surface area contributed by atoms with Crippen molar-refractivity contribution >= 4 is 0 Å². The molecule has 0 heterocycles. The number of likely N-dealkylation sites (N-methyl/N-ethyl adjacent to an activating group) is 1. The molecule has 1 unspecified atom stereocenters. The van der Waals surface area contributed by atoms with E-state index in [0.29, 0.717) is 18.4 Å². The van der Waals surface area contributed by atoms with Crippen LogP contribution < -0.4 is 5.32 Å². The minimum atomic E-state index is -0.564. The Balaban J connectivity index is 2.07. The summed E-state index contributed by atoms with van der Waals surface area (Å²) in [5.74, 6) is -0.860. The van der Waals surface area contributed by atoms with Crippen molar-refractivity contribution in [3.05, 3.63) is 65.2 Å². The highest BCUT2D eigenvalue weighted by Crippen LogP contribution is 2.15. The van der Waals surface area contributed by atoms with Gasteiger partial charge in [0, 0.05) is 12.1 Å². The van der Waals surface area contributed by atoms with Crippen LogP contribution in [0.4, 0.5) is 8.78 Å². The maximum absolute atomic E-state index is 13.6. The van der Waals surface area contributed by atoms with E-state index in [-0.39, 0.29) is 11.8 Å². The molecule has 2 aromatic carbocycles. The highest BCUT2D eigenvalue weighted by atomic mass is 19.1. The molecule has 0 aliphatic heterocycles. The molecule has 1 atom stereocenters. The zero-order valence-corrected chi connectivity index (χ0v) is 11.2. The smallest absolute Gasteiger partial charge is 0.129 e. The Morgan fingerprint density at radius 3 is 2.35 bits per heavy atom. The van der Waals surface area contributed by atoms with Crippen LogP contribution in [-0.4, -0.2) is 18.2 Å². The van der Waals surface area contributed by atoms with E-state index < -0.39 is 11.6 Å². The van der Waals surface area contributed by atoms with Gasteiger partial charge in [0.05, 0.1) is 0 Å². The third kappa shape index (κ3) is 3.78. The van der Waals surface area contributed by atoms with Crippen molar-refractivity contribution in [1.29, 1.82) is 0 Å². The maximum Gasteiger partial charge on any atom is 0.129 e. The largest absolute Gasteiger partial charge is 0.508 e. The van der Waals surface area contributed by atoms with E-state index in [2.05, 4.69) is 5.32 Å². The molecule has 0 aliphatic carbocycles. The first kappa shape index (κ1) is 14.5. The second-order valence-electron chi connectivity index (χ2n) is 4.80. The third-order valence-electron chi connectivity index (χ3n) is 3.31. The SMILES string of the molecule is CNC(Cc1ccc(O)cc1)Cc1ccc(F)cc1F. The molecule has 2 N–H and O–H groups in total. The number of halogens is 2. The number of nitrogens with one attached hydrogen (secondary N) is 1. The van der Waals surface area contributed by atoms with E-state index in [1.165, 1.54) is 12.1 Å². The van der Waals surface area contributed by atoms with Crippen LogP contribution in [-0.2, 0) is 12.8 Å². The zero-order valence-electron chi connectivity index (χ0n) is 11.2. The second-order valence-corrected chi connectivity index (χ2v) is 4.80. The lowest BCUT2D eigenvalue weighted by molar-refractivity contribution is 0.474. The van der Waals surface area contributed by atoms with Gasteiger partial charge in [-0.15, -0.1) is 0 Å². The molecule has 2 rings (SSSR count). The highest BCUT2D eigenvalue weighted by molar-refractivity contribution is 5.27. The molecule has 0 saturated carbocycles. The Kier molecular flexibility index (Phi) is 4.69. The lowest BCUT2D eigenvalue weighted by Crippen LogP contribution is -2.30. The maximum atomic E-state index is 13.6. The van der Waals surface area contributed by atoms with Gasteiger partial charge in [0.1, 0.15) is 17.4 Å². The van der Waals surface area contributed by atoms with Crippen LogP contribution in [0, 0.1) is 11.6 Å². The standard InChI is InChI=1S/C16H17F2NO/c1-19-14(8-11-2-6-15(20)7-3-11)9-12-4-5-13(17)10-16(12)18/h2-7,10,14,19-20H,8-9H2,1H3. The van der Waals surface area contributed by atoms with Gasteiger partial charge in [0.25, 0.3) is 0 Å². The molecule has 2 nitrogen and oxygen atoms in total. The van der Waals surface area contributed by atoms with Crippen molar-refractivity contribution in [3.63, 3.8) is 0 Å². The predicted molar refractivity (Wildman–Crippen MR) is 74.7 cm³/mol. The molecule has 0 fully saturated rings. The first-order valence-electron chi connectivity index (χ1n) is 6.47. The Bertz CT molecular complexity index is 569. The average Bonchev–Trinajstić information content (AvgIpc) is 2.43. The minimum Gasteiger partial charge on any atom is -0.508 e. The quantitative estimate of drug-likeness (QED) is 0.880. The summed E-state index contributed by atoms with van der Waals surface area (Å²) in [5.41, 5.74) is 1.54. The van der Waals surface area contributed by atoms with E-state index >= 15 is 0 Å². The number of phenols is 1. The van der Waals surface area contributed by atoms with Crippen molar-refractivity contribution in [3.8, 4) is 5.75 Å². The van der Waals surface area contributed by atoms with Gasteiger partial charge < -0.3 is 10.4 Å². The summed E-state index contributed by atoms with van der Waals surface area (Å²) >= 11 is 0. The molecular weight excluding hydrogens is 260 g/mol. The fourth-order valence-electron chi connectivity index (χ4n) is 2.15. The Labute approximate surface area is 117 Å². The molecule has 0 bridgehead atoms. The van der Waals surface area contributed by atoms with Crippen molar-refractivity contribution in [1.82, 2.24) is 5.32 Å². The van der Waals surface area contributed by atoms with Crippen molar-refractivity contribution in [2.45, 2.75) is 18.9 Å². The van der Waals surface area contributed by atoms with E-state index in [4.69, 9.17) is 0 Å². The summed E-state index contributed by atoms with van der Waals surface area (Å²) in [6.45, 7) is 0. The van der Waals surface area contributed by atoms with Crippen LogP contribution in [0.3, 0.4) is 0 Å². The summed E-state index contributed by atoms with van der Waals surface area (Å²) in [7, 11) is 1.81. The van der Waals surface area contributed by atoms with Crippen molar-refractivity contribution in [2.24, 2.45) is 0 Å². The van der Waals surface area contributed by atoms with E-state index in [9.17, 15) is 13.9 Å². The van der Waals surface area contributed by atoms with E-state index in [1.807, 2.05) is 19.2 Å². The predicted octanol–water partition coefficient (Wildman–Crippen LogP) is 3.04. The molecule has 0 saturated heterocycles. The molecule has 20 heavy (non-hydrogen) atoms. The summed E-state index contributed by atoms with van der Waals surface area (Å²) in [5, 5.41) is 12.4. The van der Waals surface area contributed by atoms with Crippen molar-refractivity contribution < 1.29 is 13.9 Å². The van der Waals surface area contributed by atoms with E-state index in [1.54, 1.807) is 12.1 Å². The molecule has 0 aliphatic rings. The molecule has 0 aromatic heterocycles. The van der Waals surface area contributed by atoms with Crippen LogP contribution >= 0.6 is 0 Å². The lowest BCUT2D eigenvalue weighted by Gasteiger charge is -2.17. The fourth-order valence-corrected chi connectivity index (χ4v) is 2.15. The Morgan fingerprint density at radius 1 is 1.05 bits per heavy atom. The van der Waals surface area contributed by atoms with Gasteiger partial charge in [0.15, 0.2) is 0 Å². The number of hydrogen-bond donors (Lipinski definition) is 2. The summed E-state index contributed by atoms with van der Waals surface area (Å²) in [6, 6.07) is 10.6. The number of hydrogen-bond acceptors (Lipinski definition) is 2. The fraction of sp³-hybridized carbons (Fsp3) is 0.250. The lowest BCUT2D eigenvalue weighted by atomic mass is 9.98. The summed E-state index contributed by atoms with van der Waals surface area (Å²) in [6.07, 6.45) is 1.18. The molecule has 2 aromatic rings. The second kappa shape index (κ2) is 6.48. The molecule has 4 heteroatoms. The number of aromatic hydroxyl groups is 1. The first-order valence-corrected chi connectivity index (χ1v) is 6.47. The van der Waals surface area contributed by atoms with Crippen LogP contribution in [0.1, 0.15) is 11.1 Å². The number of benzene rings is 2. The molecule has 0 amide bonds. The average molecular weight is 277 g/mol. The van der Waals surface area contributed by atoms with Gasteiger partial charge in [-0.25, -0.2) is 8.78 Å². The third-order valence-corrected chi connectivity index (χ3v) is 3.31. The number of rotatable bonds is 5. The van der Waals surface area contributed by atoms with Crippen molar-refractivity contribution in [2.75, 3.05) is 7.05 Å². The normalized spacial score (nSPS) is 12.3. The highest BCUT2D eigenvalue weighted by Gasteiger charge is 2.12. The Hall–Kier alpha value is -1.94. The van der Waals surface area contributed by atoms with Crippen LogP contribution in [0.2, 0.25) is 0 Å². The summed E-state index contributed by atoms with van der Waals surface area (Å²) in [4.78, 5) is 0. The molecule has 0 radical (unpaired) electrons. The van der Waals surface area contributed by atoms with Crippen LogP contribution in [0.5, 0.6) is 5.75 Å². The van der Waals surface area contributed by atoms with Gasteiger partial charge >= 0.3 is 0 Å². The zero-order chi connectivity index (χ0) is 14.5. The van der Waals surface area contributed by atoms with Crippen LogP contribution in [0.25, 0.3) is 0 Å². The van der Waals surface area contributed by atoms with E-state index in [0.717, 1.165) is 11.6 Å². The van der Waals surface area contributed by atoms with Crippen LogP contribution in [0.15, 0.2) is 42.5 Å². The van der Waals surface area contributed by atoms with Gasteiger partial charge in [-0.1, -0.05) is 18.2 Å². The topological polar surface area (TPSA) is 32.3 Å². The molecule has 0 spiro atoms. The monoisotopic (exact) mass is 277 g/mol. The summed E-state index contributed by atoms with van der Waals surface area (Å²) < 4.78 is 26.5. The first-order chi connectivity index (χ1) is 9.58. The van der Waals surface area contributed by atoms with Gasteiger partial charge in [-0.3, -0.25) is 0 Å². The van der Waals surface area contributed by atoms with Gasteiger partial charge in [-0.05, 0) is 49.2 Å². The molecular formula is C16H17F2NO. The van der Waals surface area contributed by atoms with Gasteiger partial charge in [-0.2, -0.15) is 0 Å². The minimum absolute atomic E-state index is 0.0412. The van der Waals surface area contributed by atoms with Gasteiger partial charge in [0.2, 0.25) is 0 Å². The number of phenolic OH excluding ortho intramolecular Hbond substituents is 1. The Morgan fingerprint density at radius 2 is 1.75 bits per heavy atom. The molecule has 106 valence electrons.